The first kappa shape index (κ1) is 23.1. The summed E-state index contributed by atoms with van der Waals surface area (Å²) in [6, 6.07) is 13.0. The number of carbonyl (C=O) groups is 1. The fraction of sp³-hybridized carbons (Fsp3) is 0.280. The number of rotatable bonds is 5. The summed E-state index contributed by atoms with van der Waals surface area (Å²) >= 11 is 6.42. The van der Waals surface area contributed by atoms with Crippen molar-refractivity contribution in [2.45, 2.75) is 25.8 Å². The van der Waals surface area contributed by atoms with Crippen molar-refractivity contribution in [3.63, 3.8) is 0 Å². The Bertz CT molecular complexity index is 1400. The number of piperidine rings is 1. The highest BCUT2D eigenvalue weighted by atomic mass is 35.5. The fourth-order valence-corrected chi connectivity index (χ4v) is 4.84. The second kappa shape index (κ2) is 9.52. The van der Waals surface area contributed by atoms with Gasteiger partial charge in [0.05, 0.1) is 34.9 Å². The molecule has 1 fully saturated rings. The van der Waals surface area contributed by atoms with Gasteiger partial charge in [-0.3, -0.25) is 9.69 Å². The highest BCUT2D eigenvalue weighted by Crippen LogP contribution is 2.41. The number of carbonyl (C=O) groups excluding carboxylic acids is 1. The molecule has 9 nitrogen and oxygen atoms in total. The van der Waals surface area contributed by atoms with E-state index in [4.69, 9.17) is 27.2 Å². The van der Waals surface area contributed by atoms with Crippen LogP contribution in [0.1, 0.15) is 25.8 Å². The number of hydrogen-bond donors (Lipinski definition) is 2. The average Bonchev–Trinajstić information content (AvgIpc) is 3.27. The minimum absolute atomic E-state index is 0.192. The molecule has 0 saturated carbocycles. The lowest BCUT2D eigenvalue weighted by Gasteiger charge is -2.24. The average molecular weight is 492 g/mol. The van der Waals surface area contributed by atoms with Crippen molar-refractivity contribution in [3.05, 3.63) is 53.8 Å². The van der Waals surface area contributed by atoms with Gasteiger partial charge in [0.1, 0.15) is 23.6 Å². The number of nitrogens with one attached hydrogen (secondary N) is 1. The molecule has 1 aliphatic heterocycles. The Balaban J connectivity index is 1.65. The number of benzene rings is 2. The maximum Gasteiger partial charge on any atom is 0.228 e. The summed E-state index contributed by atoms with van der Waals surface area (Å²) in [7, 11) is 1.57. The lowest BCUT2D eigenvalue weighted by Crippen LogP contribution is -2.30. The Morgan fingerprint density at radius 3 is 2.66 bits per heavy atom. The van der Waals surface area contributed by atoms with Gasteiger partial charge < -0.3 is 15.8 Å². The maximum atomic E-state index is 12.7. The molecule has 0 bridgehead atoms. The molecule has 5 rings (SSSR count). The molecular weight excluding hydrogens is 466 g/mol. The van der Waals surface area contributed by atoms with E-state index in [2.05, 4.69) is 15.3 Å². The van der Waals surface area contributed by atoms with Gasteiger partial charge in [0.2, 0.25) is 5.91 Å². The second-order valence-corrected chi connectivity index (χ2v) is 8.83. The Hall–Kier alpha value is -3.69. The Morgan fingerprint density at radius 2 is 1.94 bits per heavy atom. The molecule has 10 heteroatoms. The van der Waals surface area contributed by atoms with Crippen molar-refractivity contribution >= 4 is 45.7 Å². The van der Waals surface area contributed by atoms with E-state index in [1.54, 1.807) is 19.2 Å². The number of amides is 1. The molecule has 2 aromatic carbocycles. The third-order valence-electron chi connectivity index (χ3n) is 6.27. The second-order valence-electron chi connectivity index (χ2n) is 8.42. The maximum absolute atomic E-state index is 12.7. The van der Waals surface area contributed by atoms with Crippen LogP contribution in [0.25, 0.3) is 22.3 Å². The van der Waals surface area contributed by atoms with Crippen LogP contribution < -0.4 is 20.7 Å². The smallest absolute Gasteiger partial charge is 0.228 e. The first-order valence-electron chi connectivity index (χ1n) is 11.4. The molecular formula is C25H26ClN7O2. The molecule has 0 unspecified atom stereocenters. The molecule has 35 heavy (non-hydrogen) atoms. The van der Waals surface area contributed by atoms with Crippen LogP contribution in [0.4, 0.5) is 17.2 Å². The van der Waals surface area contributed by atoms with Gasteiger partial charge in [-0.25, -0.2) is 14.6 Å². The number of anilines is 3. The van der Waals surface area contributed by atoms with E-state index >= 15 is 0 Å². The van der Waals surface area contributed by atoms with Crippen molar-refractivity contribution in [2.24, 2.45) is 0 Å². The largest absolute Gasteiger partial charge is 0.495 e. The molecule has 0 atom stereocenters. The predicted molar refractivity (Wildman–Crippen MR) is 137 cm³/mol. The molecule has 180 valence electrons. The number of nitrogen functional groups attached to an aromatic ring is 1. The molecule has 0 radical (unpaired) electrons. The quantitative estimate of drug-likeness (QED) is 0.427. The molecule has 1 aliphatic rings. The SMILES string of the molecule is COc1cc(-c2nn(C3CCNCC3)c3ncnc(N)c23)ccc1N(C(C)=O)c1ccccc1Cl. The molecule has 1 saturated heterocycles. The summed E-state index contributed by atoms with van der Waals surface area (Å²) in [5.74, 6) is 0.676. The van der Waals surface area contributed by atoms with Gasteiger partial charge in [-0.15, -0.1) is 0 Å². The highest BCUT2D eigenvalue weighted by molar-refractivity contribution is 6.34. The highest BCUT2D eigenvalue weighted by Gasteiger charge is 2.25. The Labute approximate surface area is 207 Å². The minimum atomic E-state index is -0.192. The summed E-state index contributed by atoms with van der Waals surface area (Å²) < 4.78 is 7.69. The number of hydrogen-bond acceptors (Lipinski definition) is 7. The summed E-state index contributed by atoms with van der Waals surface area (Å²) in [6.45, 7) is 3.34. The minimum Gasteiger partial charge on any atom is -0.495 e. The van der Waals surface area contributed by atoms with Crippen LogP contribution in [-0.4, -0.2) is 45.9 Å². The summed E-state index contributed by atoms with van der Waals surface area (Å²) in [4.78, 5) is 22.9. The number of para-hydroxylation sites is 1. The van der Waals surface area contributed by atoms with Crippen LogP contribution in [0.15, 0.2) is 48.8 Å². The Morgan fingerprint density at radius 1 is 1.17 bits per heavy atom. The zero-order chi connectivity index (χ0) is 24.5. The van der Waals surface area contributed by atoms with Crippen LogP contribution in [0.2, 0.25) is 5.02 Å². The van der Waals surface area contributed by atoms with E-state index in [0.717, 1.165) is 31.5 Å². The van der Waals surface area contributed by atoms with E-state index in [1.165, 1.54) is 18.2 Å². The van der Waals surface area contributed by atoms with Gasteiger partial charge in [0, 0.05) is 12.5 Å². The first-order valence-corrected chi connectivity index (χ1v) is 11.8. The van der Waals surface area contributed by atoms with Crippen molar-refractivity contribution in [3.8, 4) is 17.0 Å². The van der Waals surface area contributed by atoms with Crippen molar-refractivity contribution < 1.29 is 9.53 Å². The van der Waals surface area contributed by atoms with Crippen molar-refractivity contribution in [2.75, 3.05) is 30.8 Å². The van der Waals surface area contributed by atoms with Crippen LogP contribution in [0.5, 0.6) is 5.75 Å². The van der Waals surface area contributed by atoms with Crippen LogP contribution in [0.3, 0.4) is 0 Å². The zero-order valence-electron chi connectivity index (χ0n) is 19.5. The zero-order valence-corrected chi connectivity index (χ0v) is 20.3. The normalized spacial score (nSPS) is 14.3. The van der Waals surface area contributed by atoms with Crippen molar-refractivity contribution in [1.29, 1.82) is 0 Å². The number of ether oxygens (including phenoxy) is 1. The Kier molecular flexibility index (Phi) is 6.27. The van der Waals surface area contributed by atoms with Gasteiger partial charge in [-0.1, -0.05) is 29.8 Å². The number of aromatic nitrogens is 4. The third kappa shape index (κ3) is 4.17. The van der Waals surface area contributed by atoms with E-state index in [1.807, 2.05) is 35.0 Å². The van der Waals surface area contributed by atoms with E-state index in [0.29, 0.717) is 44.7 Å². The van der Waals surface area contributed by atoms with E-state index in [-0.39, 0.29) is 11.9 Å². The molecule has 0 aliphatic carbocycles. The fourth-order valence-electron chi connectivity index (χ4n) is 4.62. The number of halogens is 1. The predicted octanol–water partition coefficient (Wildman–Crippen LogP) is 4.35. The van der Waals surface area contributed by atoms with Gasteiger partial charge in [-0.2, -0.15) is 5.10 Å². The van der Waals surface area contributed by atoms with Gasteiger partial charge in [-0.05, 0) is 50.2 Å². The summed E-state index contributed by atoms with van der Waals surface area (Å²) in [5, 5.41) is 9.50. The lowest BCUT2D eigenvalue weighted by atomic mass is 10.1. The molecule has 0 spiro atoms. The molecule has 3 heterocycles. The van der Waals surface area contributed by atoms with E-state index in [9.17, 15) is 4.79 Å². The number of nitrogens with zero attached hydrogens (tertiary/aromatic N) is 5. The van der Waals surface area contributed by atoms with Gasteiger partial charge in [0.25, 0.3) is 0 Å². The van der Waals surface area contributed by atoms with Crippen LogP contribution in [0, 0.1) is 0 Å². The van der Waals surface area contributed by atoms with Crippen LogP contribution in [-0.2, 0) is 4.79 Å². The standard InChI is InChI=1S/C25H26ClN7O2/c1-15(34)32(19-6-4-3-5-18(19)26)20-8-7-16(13-21(20)35-2)23-22-24(27)29-14-30-25(22)33(31-23)17-9-11-28-12-10-17/h3-8,13-14,17,28H,9-12H2,1-2H3,(H2,27,29,30). The number of fused-ring (bicyclic) bond motifs is 1. The van der Waals surface area contributed by atoms with Gasteiger partial charge in [0.15, 0.2) is 5.65 Å². The van der Waals surface area contributed by atoms with Crippen molar-refractivity contribution in [1.82, 2.24) is 25.1 Å². The van der Waals surface area contributed by atoms with Crippen LogP contribution >= 0.6 is 11.6 Å². The topological polar surface area (TPSA) is 111 Å². The summed E-state index contributed by atoms with van der Waals surface area (Å²) in [6.07, 6.45) is 3.38. The number of nitrogens with two attached hydrogens (primary N) is 1. The molecule has 2 aromatic heterocycles. The third-order valence-corrected chi connectivity index (χ3v) is 6.59. The van der Waals surface area contributed by atoms with E-state index < -0.39 is 0 Å². The van der Waals surface area contributed by atoms with Gasteiger partial charge >= 0.3 is 0 Å². The summed E-state index contributed by atoms with van der Waals surface area (Å²) in [5.41, 5.74) is 9.62. The number of methoxy groups -OCH3 is 1. The molecule has 3 N–H and O–H groups in total. The molecule has 1 amide bonds. The monoisotopic (exact) mass is 491 g/mol. The first-order chi connectivity index (χ1) is 17.0. The molecule has 4 aromatic rings. The lowest BCUT2D eigenvalue weighted by molar-refractivity contribution is -0.115.